The lowest BCUT2D eigenvalue weighted by Crippen LogP contribution is -2.13. The predicted octanol–water partition coefficient (Wildman–Crippen LogP) is 1.81. The highest BCUT2D eigenvalue weighted by Gasteiger charge is 2.16. The summed E-state index contributed by atoms with van der Waals surface area (Å²) in [6.07, 6.45) is 1.99. The Morgan fingerprint density at radius 2 is 2.44 bits per heavy atom. The van der Waals surface area contributed by atoms with Gasteiger partial charge < -0.3 is 9.52 Å². The normalized spacial score (nSPS) is 12.6. The van der Waals surface area contributed by atoms with Gasteiger partial charge in [0.2, 0.25) is 0 Å². The molecular formula is C10H11BrN4O3. The van der Waals surface area contributed by atoms with Gasteiger partial charge in [0.15, 0.2) is 10.5 Å². The third-order valence-electron chi connectivity index (χ3n) is 2.59. The molecule has 0 aliphatic rings. The fraction of sp³-hybridized carbons (Fsp3) is 0.400. The van der Waals surface area contributed by atoms with Crippen LogP contribution in [0, 0.1) is 5.92 Å². The summed E-state index contributed by atoms with van der Waals surface area (Å²) in [5, 5.41) is 20.2. The highest BCUT2D eigenvalue weighted by atomic mass is 79.9. The minimum atomic E-state index is -0.825. The Labute approximate surface area is 111 Å². The number of furan rings is 1. The van der Waals surface area contributed by atoms with E-state index in [-0.39, 0.29) is 0 Å². The molecule has 0 amide bonds. The number of rotatable bonds is 5. The Hall–Kier alpha value is -1.70. The van der Waals surface area contributed by atoms with Crippen LogP contribution in [0.1, 0.15) is 13.3 Å². The Bertz CT molecular complexity index is 551. The van der Waals surface area contributed by atoms with Crippen molar-refractivity contribution in [3.63, 3.8) is 0 Å². The molecule has 2 aromatic heterocycles. The molecule has 0 saturated heterocycles. The number of carbonyl (C=O) groups is 1. The topological polar surface area (TPSA) is 94.0 Å². The van der Waals surface area contributed by atoms with Crippen LogP contribution in [0.15, 0.2) is 21.4 Å². The Morgan fingerprint density at radius 1 is 1.67 bits per heavy atom. The summed E-state index contributed by atoms with van der Waals surface area (Å²) in [4.78, 5) is 10.7. The summed E-state index contributed by atoms with van der Waals surface area (Å²) >= 11 is 3.26. The van der Waals surface area contributed by atoms with Gasteiger partial charge in [-0.1, -0.05) is 6.92 Å². The van der Waals surface area contributed by atoms with Crippen LogP contribution >= 0.6 is 15.9 Å². The number of hydrogen-bond donors (Lipinski definition) is 1. The van der Waals surface area contributed by atoms with Crippen LogP contribution < -0.4 is 0 Å². The first-order chi connectivity index (χ1) is 8.59. The van der Waals surface area contributed by atoms with Gasteiger partial charge >= 0.3 is 5.97 Å². The van der Waals surface area contributed by atoms with Gasteiger partial charge in [-0.05, 0) is 38.8 Å². The average molecular weight is 315 g/mol. The van der Waals surface area contributed by atoms with E-state index in [1.807, 2.05) is 0 Å². The molecule has 18 heavy (non-hydrogen) atoms. The van der Waals surface area contributed by atoms with Crippen LogP contribution in [0.25, 0.3) is 11.4 Å². The van der Waals surface area contributed by atoms with Crippen molar-refractivity contribution in [2.45, 2.75) is 19.9 Å². The van der Waals surface area contributed by atoms with Gasteiger partial charge in [0, 0.05) is 6.54 Å². The quantitative estimate of drug-likeness (QED) is 0.904. The molecule has 96 valence electrons. The second-order valence-corrected chi connectivity index (χ2v) is 4.58. The number of tetrazole rings is 1. The summed E-state index contributed by atoms with van der Waals surface area (Å²) < 4.78 is 7.23. The molecule has 7 nitrogen and oxygen atoms in total. The van der Waals surface area contributed by atoms with E-state index >= 15 is 0 Å². The predicted molar refractivity (Wildman–Crippen MR) is 64.6 cm³/mol. The molecule has 2 rings (SSSR count). The van der Waals surface area contributed by atoms with Crippen molar-refractivity contribution in [3.8, 4) is 11.4 Å². The number of carboxylic acid groups (broad SMARTS) is 1. The first-order valence-electron chi connectivity index (χ1n) is 5.32. The molecule has 0 bridgehead atoms. The molecule has 0 aliphatic carbocycles. The number of hydrogen-bond acceptors (Lipinski definition) is 5. The largest absolute Gasteiger partial charge is 0.481 e. The first-order valence-corrected chi connectivity index (χ1v) is 6.11. The monoisotopic (exact) mass is 314 g/mol. The SMILES string of the molecule is CC(CCn1nnnc1-c1ccoc1Br)C(=O)O. The van der Waals surface area contributed by atoms with Crippen molar-refractivity contribution in [1.82, 2.24) is 20.2 Å². The third-order valence-corrected chi connectivity index (χ3v) is 3.20. The Morgan fingerprint density at radius 3 is 3.06 bits per heavy atom. The van der Waals surface area contributed by atoms with Gasteiger partial charge in [-0.25, -0.2) is 4.68 Å². The molecule has 1 unspecified atom stereocenters. The van der Waals surface area contributed by atoms with E-state index in [2.05, 4.69) is 31.5 Å². The zero-order valence-electron chi connectivity index (χ0n) is 9.58. The standard InChI is InChI=1S/C10H11BrN4O3/c1-6(10(16)17)2-4-15-9(12-13-14-15)7-3-5-18-8(7)11/h3,5-6H,2,4H2,1H3,(H,16,17). The van der Waals surface area contributed by atoms with Gasteiger partial charge in [-0.3, -0.25) is 4.79 Å². The highest BCUT2D eigenvalue weighted by Crippen LogP contribution is 2.27. The van der Waals surface area contributed by atoms with Crippen LogP contribution in [0.4, 0.5) is 0 Å². The lowest BCUT2D eigenvalue weighted by molar-refractivity contribution is -0.141. The number of carboxylic acids is 1. The van der Waals surface area contributed by atoms with Crippen molar-refractivity contribution < 1.29 is 14.3 Å². The molecule has 0 saturated carbocycles. The molecular weight excluding hydrogens is 304 g/mol. The summed E-state index contributed by atoms with van der Waals surface area (Å²) in [5.74, 6) is -0.711. The zero-order chi connectivity index (χ0) is 13.1. The van der Waals surface area contributed by atoms with Gasteiger partial charge in [-0.15, -0.1) is 5.10 Å². The summed E-state index contributed by atoms with van der Waals surface area (Å²) in [7, 11) is 0. The number of nitrogens with zero attached hydrogens (tertiary/aromatic N) is 4. The maximum Gasteiger partial charge on any atom is 0.306 e. The summed E-state index contributed by atoms with van der Waals surface area (Å²) in [5.41, 5.74) is 0.739. The second kappa shape index (κ2) is 5.30. The minimum Gasteiger partial charge on any atom is -0.481 e. The fourth-order valence-corrected chi connectivity index (χ4v) is 1.86. The van der Waals surface area contributed by atoms with Gasteiger partial charge in [0.25, 0.3) is 0 Å². The minimum absolute atomic E-state index is 0.435. The summed E-state index contributed by atoms with van der Waals surface area (Å²) in [6, 6.07) is 1.74. The molecule has 0 spiro atoms. The van der Waals surface area contributed by atoms with E-state index in [4.69, 9.17) is 9.52 Å². The zero-order valence-corrected chi connectivity index (χ0v) is 11.2. The Kier molecular flexibility index (Phi) is 3.75. The van der Waals surface area contributed by atoms with E-state index < -0.39 is 11.9 Å². The molecule has 1 atom stereocenters. The molecule has 0 fully saturated rings. The number of aryl methyl sites for hydroxylation is 1. The van der Waals surface area contributed by atoms with Crippen LogP contribution in [-0.4, -0.2) is 31.3 Å². The molecule has 1 N–H and O–H groups in total. The maximum absolute atomic E-state index is 10.7. The highest BCUT2D eigenvalue weighted by molar-refractivity contribution is 9.10. The van der Waals surface area contributed by atoms with Crippen molar-refractivity contribution in [2.24, 2.45) is 5.92 Å². The fourth-order valence-electron chi connectivity index (χ4n) is 1.44. The molecule has 0 aliphatic heterocycles. The van der Waals surface area contributed by atoms with Crippen LogP contribution in [0.3, 0.4) is 0 Å². The van der Waals surface area contributed by atoms with Crippen LogP contribution in [-0.2, 0) is 11.3 Å². The number of aromatic nitrogens is 4. The molecule has 0 radical (unpaired) electrons. The smallest absolute Gasteiger partial charge is 0.306 e. The molecule has 2 heterocycles. The number of aliphatic carboxylic acids is 1. The van der Waals surface area contributed by atoms with Crippen LogP contribution in [0.5, 0.6) is 0 Å². The van der Waals surface area contributed by atoms with Gasteiger partial charge in [-0.2, -0.15) is 0 Å². The summed E-state index contributed by atoms with van der Waals surface area (Å²) in [6.45, 7) is 2.09. The second-order valence-electron chi connectivity index (χ2n) is 3.86. The Balaban J connectivity index is 2.14. The van der Waals surface area contributed by atoms with E-state index in [1.54, 1.807) is 17.7 Å². The molecule has 2 aromatic rings. The van der Waals surface area contributed by atoms with Crippen LogP contribution in [0.2, 0.25) is 0 Å². The number of halogens is 1. The molecule has 0 aromatic carbocycles. The van der Waals surface area contributed by atoms with Crippen molar-refractivity contribution in [3.05, 3.63) is 17.0 Å². The van der Waals surface area contributed by atoms with E-state index in [0.717, 1.165) is 5.56 Å². The molecule has 8 heteroatoms. The van der Waals surface area contributed by atoms with Crippen molar-refractivity contribution in [2.75, 3.05) is 0 Å². The van der Waals surface area contributed by atoms with Gasteiger partial charge in [0.05, 0.1) is 17.7 Å². The van der Waals surface area contributed by atoms with Gasteiger partial charge in [0.1, 0.15) is 0 Å². The maximum atomic E-state index is 10.7. The third kappa shape index (κ3) is 2.58. The van der Waals surface area contributed by atoms with E-state index in [9.17, 15) is 4.79 Å². The average Bonchev–Trinajstić information content (AvgIpc) is 2.93. The lowest BCUT2D eigenvalue weighted by Gasteiger charge is -2.06. The first kappa shape index (κ1) is 12.7. The van der Waals surface area contributed by atoms with E-state index in [1.165, 1.54) is 6.26 Å². The van der Waals surface area contributed by atoms with Crippen molar-refractivity contribution in [1.29, 1.82) is 0 Å². The van der Waals surface area contributed by atoms with Crippen molar-refractivity contribution >= 4 is 21.9 Å². The lowest BCUT2D eigenvalue weighted by atomic mass is 10.1. The van der Waals surface area contributed by atoms with E-state index in [0.29, 0.717) is 23.5 Å².